The van der Waals surface area contributed by atoms with Gasteiger partial charge in [-0.15, -0.1) is 0 Å². The number of rotatable bonds is 5. The molecule has 1 aliphatic carbocycles. The van der Waals surface area contributed by atoms with Crippen LogP contribution in [-0.2, 0) is 11.3 Å². The maximum Gasteiger partial charge on any atom is 0.231 e. The molecule has 22 heavy (non-hydrogen) atoms. The molecule has 2 heterocycles. The Morgan fingerprint density at radius 3 is 3.05 bits per heavy atom. The predicted molar refractivity (Wildman–Crippen MR) is 86.3 cm³/mol. The predicted octanol–water partition coefficient (Wildman–Crippen LogP) is 2.13. The van der Waals surface area contributed by atoms with Gasteiger partial charge in [-0.05, 0) is 46.5 Å². The van der Waals surface area contributed by atoms with Crippen LogP contribution in [0.1, 0.15) is 18.4 Å². The molecule has 120 valence electrons. The number of morpholine rings is 1. The molecule has 0 radical (unpaired) electrons. The molecule has 1 saturated carbocycles. The van der Waals surface area contributed by atoms with Gasteiger partial charge in [0.1, 0.15) is 0 Å². The van der Waals surface area contributed by atoms with Gasteiger partial charge in [-0.2, -0.15) is 0 Å². The van der Waals surface area contributed by atoms with Crippen LogP contribution in [0.5, 0.6) is 11.5 Å². The SMILES string of the molecule is Brc1cc(CNCC2CN(C3CC3)CCO2)cc2c1OCO2. The number of ether oxygens (including phenoxy) is 3. The van der Waals surface area contributed by atoms with Gasteiger partial charge in [-0.1, -0.05) is 0 Å². The molecule has 0 amide bonds. The number of nitrogens with zero attached hydrogens (tertiary/aromatic N) is 1. The van der Waals surface area contributed by atoms with Gasteiger partial charge in [-0.3, -0.25) is 4.90 Å². The molecule has 0 aromatic heterocycles. The smallest absolute Gasteiger partial charge is 0.231 e. The summed E-state index contributed by atoms with van der Waals surface area (Å²) in [7, 11) is 0. The largest absolute Gasteiger partial charge is 0.454 e. The van der Waals surface area contributed by atoms with Crippen molar-refractivity contribution in [3.05, 3.63) is 22.2 Å². The third kappa shape index (κ3) is 3.25. The number of hydrogen-bond acceptors (Lipinski definition) is 5. The van der Waals surface area contributed by atoms with Crippen molar-refractivity contribution >= 4 is 15.9 Å². The van der Waals surface area contributed by atoms with Crippen molar-refractivity contribution in [1.82, 2.24) is 10.2 Å². The average molecular weight is 369 g/mol. The summed E-state index contributed by atoms with van der Waals surface area (Å²) in [5, 5.41) is 3.50. The van der Waals surface area contributed by atoms with E-state index in [-0.39, 0.29) is 0 Å². The monoisotopic (exact) mass is 368 g/mol. The van der Waals surface area contributed by atoms with Crippen molar-refractivity contribution in [3.8, 4) is 11.5 Å². The first-order chi connectivity index (χ1) is 10.8. The van der Waals surface area contributed by atoms with E-state index in [9.17, 15) is 0 Å². The molecule has 2 fully saturated rings. The summed E-state index contributed by atoms with van der Waals surface area (Å²) in [6, 6.07) is 4.95. The van der Waals surface area contributed by atoms with Gasteiger partial charge in [-0.25, -0.2) is 0 Å². The summed E-state index contributed by atoms with van der Waals surface area (Å²) in [4.78, 5) is 2.58. The van der Waals surface area contributed by atoms with Crippen LogP contribution in [0, 0.1) is 0 Å². The lowest BCUT2D eigenvalue weighted by Gasteiger charge is -2.33. The zero-order chi connectivity index (χ0) is 14.9. The molecule has 3 aliphatic rings. The highest BCUT2D eigenvalue weighted by atomic mass is 79.9. The molecule has 2 aliphatic heterocycles. The second-order valence-electron chi connectivity index (χ2n) is 6.16. The highest BCUT2D eigenvalue weighted by Gasteiger charge is 2.32. The molecule has 4 rings (SSSR count). The van der Waals surface area contributed by atoms with E-state index in [4.69, 9.17) is 14.2 Å². The number of benzene rings is 1. The number of nitrogens with one attached hydrogen (secondary N) is 1. The molecular weight excluding hydrogens is 348 g/mol. The Morgan fingerprint density at radius 2 is 2.18 bits per heavy atom. The lowest BCUT2D eigenvalue weighted by Crippen LogP contribution is -2.47. The highest BCUT2D eigenvalue weighted by molar-refractivity contribution is 9.10. The third-order valence-electron chi connectivity index (χ3n) is 4.42. The van der Waals surface area contributed by atoms with Crippen LogP contribution in [0.3, 0.4) is 0 Å². The third-order valence-corrected chi connectivity index (χ3v) is 5.01. The van der Waals surface area contributed by atoms with Gasteiger partial charge in [0, 0.05) is 32.2 Å². The van der Waals surface area contributed by atoms with E-state index in [1.807, 2.05) is 6.07 Å². The summed E-state index contributed by atoms with van der Waals surface area (Å²) in [5.41, 5.74) is 1.19. The maximum absolute atomic E-state index is 5.86. The summed E-state index contributed by atoms with van der Waals surface area (Å²) < 4.78 is 17.7. The second kappa shape index (κ2) is 6.35. The lowest BCUT2D eigenvalue weighted by molar-refractivity contribution is -0.0301. The lowest BCUT2D eigenvalue weighted by atomic mass is 10.2. The standard InChI is InChI=1S/C16H21BrN2O3/c17-14-5-11(6-15-16(14)22-10-21-15)7-18-8-13-9-19(3-4-20-13)12-1-2-12/h5-6,12-13,18H,1-4,7-10H2. The molecule has 0 bridgehead atoms. The minimum atomic E-state index is 0.298. The van der Waals surface area contributed by atoms with E-state index in [2.05, 4.69) is 32.2 Å². The molecular formula is C16H21BrN2O3. The zero-order valence-electron chi connectivity index (χ0n) is 12.5. The van der Waals surface area contributed by atoms with Crippen molar-refractivity contribution < 1.29 is 14.2 Å². The number of halogens is 1. The fourth-order valence-corrected chi connectivity index (χ4v) is 3.74. The molecule has 1 N–H and O–H groups in total. The van der Waals surface area contributed by atoms with Crippen LogP contribution in [0.15, 0.2) is 16.6 Å². The van der Waals surface area contributed by atoms with Crippen molar-refractivity contribution in [3.63, 3.8) is 0 Å². The Balaban J connectivity index is 1.29. The van der Waals surface area contributed by atoms with E-state index in [1.165, 1.54) is 18.4 Å². The van der Waals surface area contributed by atoms with Crippen LogP contribution in [0.2, 0.25) is 0 Å². The molecule has 6 heteroatoms. The summed E-state index contributed by atoms with van der Waals surface area (Å²) in [6.45, 7) is 5.00. The van der Waals surface area contributed by atoms with Crippen LogP contribution in [0.4, 0.5) is 0 Å². The van der Waals surface area contributed by atoms with Crippen molar-refractivity contribution in [2.75, 3.05) is 33.0 Å². The van der Waals surface area contributed by atoms with Crippen LogP contribution < -0.4 is 14.8 Å². The first-order valence-corrected chi connectivity index (χ1v) is 8.73. The van der Waals surface area contributed by atoms with Gasteiger partial charge >= 0.3 is 0 Å². The fraction of sp³-hybridized carbons (Fsp3) is 0.625. The average Bonchev–Trinajstić information content (AvgIpc) is 3.26. The topological polar surface area (TPSA) is 43.0 Å². The first-order valence-electron chi connectivity index (χ1n) is 7.94. The van der Waals surface area contributed by atoms with Crippen LogP contribution in [-0.4, -0.2) is 50.1 Å². The quantitative estimate of drug-likeness (QED) is 0.862. The normalized spacial score (nSPS) is 24.7. The maximum atomic E-state index is 5.86. The van der Waals surface area contributed by atoms with E-state index < -0.39 is 0 Å². The van der Waals surface area contributed by atoms with Crippen molar-refractivity contribution in [2.24, 2.45) is 0 Å². The number of fused-ring (bicyclic) bond motifs is 1. The Morgan fingerprint density at radius 1 is 1.27 bits per heavy atom. The fourth-order valence-electron chi connectivity index (χ4n) is 3.14. The van der Waals surface area contributed by atoms with Gasteiger partial charge in [0.2, 0.25) is 6.79 Å². The van der Waals surface area contributed by atoms with E-state index >= 15 is 0 Å². The Hall–Kier alpha value is -0.820. The second-order valence-corrected chi connectivity index (χ2v) is 7.02. The van der Waals surface area contributed by atoms with Crippen LogP contribution in [0.25, 0.3) is 0 Å². The van der Waals surface area contributed by atoms with Crippen molar-refractivity contribution in [2.45, 2.75) is 31.5 Å². The van der Waals surface area contributed by atoms with Gasteiger partial charge < -0.3 is 19.5 Å². The Labute approximate surface area is 139 Å². The molecule has 1 saturated heterocycles. The Kier molecular flexibility index (Phi) is 4.26. The van der Waals surface area contributed by atoms with Crippen molar-refractivity contribution in [1.29, 1.82) is 0 Å². The Bertz CT molecular complexity index is 550. The summed E-state index contributed by atoms with van der Waals surface area (Å²) in [6.07, 6.45) is 3.03. The number of hydrogen-bond donors (Lipinski definition) is 1. The van der Waals surface area contributed by atoms with Gasteiger partial charge in [0.25, 0.3) is 0 Å². The first kappa shape index (κ1) is 14.8. The van der Waals surface area contributed by atoms with E-state index in [0.29, 0.717) is 12.9 Å². The van der Waals surface area contributed by atoms with Gasteiger partial charge in [0.15, 0.2) is 11.5 Å². The minimum Gasteiger partial charge on any atom is -0.454 e. The van der Waals surface area contributed by atoms with Gasteiger partial charge in [0.05, 0.1) is 17.2 Å². The summed E-state index contributed by atoms with van der Waals surface area (Å²) in [5.74, 6) is 1.62. The van der Waals surface area contributed by atoms with E-state index in [0.717, 1.165) is 54.8 Å². The summed E-state index contributed by atoms with van der Waals surface area (Å²) >= 11 is 3.53. The molecule has 5 nitrogen and oxygen atoms in total. The molecule has 1 aromatic rings. The molecule has 1 aromatic carbocycles. The molecule has 0 spiro atoms. The highest BCUT2D eigenvalue weighted by Crippen LogP contribution is 2.39. The molecule has 1 atom stereocenters. The minimum absolute atomic E-state index is 0.298. The van der Waals surface area contributed by atoms with E-state index in [1.54, 1.807) is 0 Å². The molecule has 1 unspecified atom stereocenters. The van der Waals surface area contributed by atoms with Crippen LogP contribution >= 0.6 is 15.9 Å². The zero-order valence-corrected chi connectivity index (χ0v) is 14.1.